The van der Waals surface area contributed by atoms with E-state index in [1.54, 1.807) is 0 Å². The van der Waals surface area contributed by atoms with Gasteiger partial charge in [-0.2, -0.15) is 5.26 Å². The molecule has 0 aromatic heterocycles. The largest absolute Gasteiger partial charge is 0.372 e. The molecule has 0 bridgehead atoms. The third-order valence-electron chi connectivity index (χ3n) is 2.79. The number of hydrogen-bond acceptors (Lipinski definition) is 3. The lowest BCUT2D eigenvalue weighted by molar-refractivity contribution is 0.578. The molecule has 0 amide bonds. The molecule has 1 fully saturated rings. The monoisotopic (exact) mass is 201 g/mol. The van der Waals surface area contributed by atoms with E-state index in [1.165, 1.54) is 24.9 Å². The first-order chi connectivity index (χ1) is 7.40. The van der Waals surface area contributed by atoms with Gasteiger partial charge in [0.1, 0.15) is 0 Å². The molecule has 1 aromatic carbocycles. The molecule has 1 heterocycles. The van der Waals surface area contributed by atoms with Crippen LogP contribution in [0.25, 0.3) is 0 Å². The molecule has 0 saturated carbocycles. The minimum atomic E-state index is 0.859. The fourth-order valence-corrected chi connectivity index (χ4v) is 1.97. The molecular formula is C12H15N3. The number of nitrogens with zero attached hydrogens (tertiary/aromatic N) is 2. The molecule has 3 nitrogen and oxygen atoms in total. The Morgan fingerprint density at radius 3 is 2.33 bits per heavy atom. The summed E-state index contributed by atoms with van der Waals surface area (Å²) in [6, 6.07) is 8.05. The second-order valence-electron chi connectivity index (χ2n) is 3.83. The van der Waals surface area contributed by atoms with E-state index >= 15 is 0 Å². The van der Waals surface area contributed by atoms with Gasteiger partial charge in [-0.1, -0.05) is 0 Å². The maximum Gasteiger partial charge on any atom is 0.181 e. The summed E-state index contributed by atoms with van der Waals surface area (Å²) in [4.78, 5) is 2.40. The third-order valence-corrected chi connectivity index (χ3v) is 2.79. The van der Waals surface area contributed by atoms with E-state index in [0.29, 0.717) is 0 Å². The minimum absolute atomic E-state index is 0.859. The molecule has 0 atom stereocenters. The van der Waals surface area contributed by atoms with Crippen LogP contribution in [0.4, 0.5) is 11.4 Å². The van der Waals surface area contributed by atoms with Crippen LogP contribution in [-0.2, 0) is 0 Å². The number of rotatable bonds is 2. The van der Waals surface area contributed by atoms with Crippen LogP contribution in [0, 0.1) is 11.5 Å². The third kappa shape index (κ3) is 2.41. The highest BCUT2D eigenvalue weighted by atomic mass is 15.1. The Morgan fingerprint density at radius 2 is 1.73 bits per heavy atom. The van der Waals surface area contributed by atoms with Gasteiger partial charge >= 0.3 is 0 Å². The van der Waals surface area contributed by atoms with Gasteiger partial charge < -0.3 is 4.90 Å². The van der Waals surface area contributed by atoms with Gasteiger partial charge in [-0.25, -0.2) is 0 Å². The van der Waals surface area contributed by atoms with E-state index in [9.17, 15) is 0 Å². The summed E-state index contributed by atoms with van der Waals surface area (Å²) in [6.07, 6.45) is 5.85. The summed E-state index contributed by atoms with van der Waals surface area (Å²) in [5.74, 6) is 0. The first-order valence-corrected chi connectivity index (χ1v) is 5.40. The van der Waals surface area contributed by atoms with Gasteiger partial charge in [-0.15, -0.1) is 0 Å². The first-order valence-electron chi connectivity index (χ1n) is 5.40. The Hall–Kier alpha value is -1.69. The fraction of sp³-hybridized carbons (Fsp3) is 0.417. The van der Waals surface area contributed by atoms with Crippen LogP contribution < -0.4 is 10.2 Å². The summed E-state index contributed by atoms with van der Waals surface area (Å²) in [6.45, 7) is 2.32. The quantitative estimate of drug-likeness (QED) is 0.590. The van der Waals surface area contributed by atoms with Gasteiger partial charge in [-0.05, 0) is 43.5 Å². The van der Waals surface area contributed by atoms with Crippen LogP contribution >= 0.6 is 0 Å². The lowest BCUT2D eigenvalue weighted by Gasteiger charge is -2.28. The Balaban J connectivity index is 2.05. The number of nitrogens with one attached hydrogen (secondary N) is 1. The van der Waals surface area contributed by atoms with Crippen molar-refractivity contribution in [1.82, 2.24) is 0 Å². The summed E-state index contributed by atoms with van der Waals surface area (Å²) in [7, 11) is 0. The van der Waals surface area contributed by atoms with Crippen molar-refractivity contribution < 1.29 is 0 Å². The number of piperidine rings is 1. The highest BCUT2D eigenvalue weighted by molar-refractivity contribution is 5.56. The number of nitriles is 1. The van der Waals surface area contributed by atoms with Gasteiger partial charge in [0, 0.05) is 24.5 Å². The van der Waals surface area contributed by atoms with Crippen molar-refractivity contribution in [2.75, 3.05) is 23.3 Å². The van der Waals surface area contributed by atoms with E-state index in [2.05, 4.69) is 22.3 Å². The fourth-order valence-electron chi connectivity index (χ4n) is 1.97. The molecule has 1 aromatic rings. The topological polar surface area (TPSA) is 39.1 Å². The summed E-state index contributed by atoms with van der Waals surface area (Å²) in [5, 5.41) is 11.1. The van der Waals surface area contributed by atoms with Crippen LogP contribution in [0.15, 0.2) is 24.3 Å². The normalized spacial score (nSPS) is 15.8. The molecule has 78 valence electrons. The standard InChI is InChI=1S/C12H15N3/c13-10-14-11-4-6-12(7-5-11)15-8-2-1-3-9-15/h4-7,14H,1-3,8-9H2. The highest BCUT2D eigenvalue weighted by Gasteiger charge is 2.10. The van der Waals surface area contributed by atoms with Crippen molar-refractivity contribution in [3.63, 3.8) is 0 Å². The predicted molar refractivity (Wildman–Crippen MR) is 61.7 cm³/mol. The minimum Gasteiger partial charge on any atom is -0.372 e. The Labute approximate surface area is 90.3 Å². The molecule has 0 spiro atoms. The SMILES string of the molecule is N#CNc1ccc(N2CCCCC2)cc1. The van der Waals surface area contributed by atoms with Crippen molar-refractivity contribution >= 4 is 11.4 Å². The average molecular weight is 201 g/mol. The van der Waals surface area contributed by atoms with Gasteiger partial charge in [0.15, 0.2) is 6.19 Å². The maximum atomic E-state index is 8.47. The molecule has 2 rings (SSSR count). The van der Waals surface area contributed by atoms with Crippen LogP contribution in [0.1, 0.15) is 19.3 Å². The zero-order valence-corrected chi connectivity index (χ0v) is 8.74. The van der Waals surface area contributed by atoms with Crippen molar-refractivity contribution in [3.8, 4) is 6.19 Å². The summed E-state index contributed by atoms with van der Waals surface area (Å²) in [5.41, 5.74) is 2.12. The van der Waals surface area contributed by atoms with Crippen molar-refractivity contribution in [2.45, 2.75) is 19.3 Å². The average Bonchev–Trinajstić information content (AvgIpc) is 2.32. The van der Waals surface area contributed by atoms with Crippen LogP contribution in [0.3, 0.4) is 0 Å². The van der Waals surface area contributed by atoms with Gasteiger partial charge in [-0.3, -0.25) is 5.32 Å². The molecule has 3 heteroatoms. The molecule has 0 radical (unpaired) electrons. The number of benzene rings is 1. The molecule has 1 aliphatic heterocycles. The lowest BCUT2D eigenvalue weighted by atomic mass is 10.1. The van der Waals surface area contributed by atoms with E-state index in [1.807, 2.05) is 18.3 Å². The van der Waals surface area contributed by atoms with Crippen LogP contribution in [0.2, 0.25) is 0 Å². The Bertz CT molecular complexity index is 344. The van der Waals surface area contributed by atoms with Crippen LogP contribution in [0.5, 0.6) is 0 Å². The van der Waals surface area contributed by atoms with Crippen LogP contribution in [-0.4, -0.2) is 13.1 Å². The Kier molecular flexibility index (Phi) is 3.08. The predicted octanol–water partition coefficient (Wildman–Crippen LogP) is 2.57. The van der Waals surface area contributed by atoms with Crippen molar-refractivity contribution in [3.05, 3.63) is 24.3 Å². The zero-order valence-electron chi connectivity index (χ0n) is 8.74. The highest BCUT2D eigenvalue weighted by Crippen LogP contribution is 2.21. The molecule has 15 heavy (non-hydrogen) atoms. The Morgan fingerprint density at radius 1 is 1.07 bits per heavy atom. The van der Waals surface area contributed by atoms with Gasteiger partial charge in [0.25, 0.3) is 0 Å². The first kappa shape index (κ1) is 9.85. The second kappa shape index (κ2) is 4.70. The van der Waals surface area contributed by atoms with Crippen molar-refractivity contribution in [2.24, 2.45) is 0 Å². The van der Waals surface area contributed by atoms with E-state index in [-0.39, 0.29) is 0 Å². The zero-order chi connectivity index (χ0) is 10.5. The molecule has 1 saturated heterocycles. The molecule has 1 N–H and O–H groups in total. The smallest absolute Gasteiger partial charge is 0.181 e. The second-order valence-corrected chi connectivity index (χ2v) is 3.83. The van der Waals surface area contributed by atoms with E-state index in [4.69, 9.17) is 5.26 Å². The van der Waals surface area contributed by atoms with E-state index < -0.39 is 0 Å². The molecule has 1 aliphatic rings. The van der Waals surface area contributed by atoms with E-state index in [0.717, 1.165) is 18.8 Å². The van der Waals surface area contributed by atoms with Crippen molar-refractivity contribution in [1.29, 1.82) is 5.26 Å². The van der Waals surface area contributed by atoms with Gasteiger partial charge in [0.05, 0.1) is 0 Å². The number of anilines is 2. The summed E-state index contributed by atoms with van der Waals surface area (Å²) >= 11 is 0. The van der Waals surface area contributed by atoms with Gasteiger partial charge in [0.2, 0.25) is 0 Å². The maximum absolute atomic E-state index is 8.47. The molecule has 0 unspecified atom stereocenters. The summed E-state index contributed by atoms with van der Waals surface area (Å²) < 4.78 is 0. The molecular weight excluding hydrogens is 186 g/mol. The number of hydrogen-bond donors (Lipinski definition) is 1. The lowest BCUT2D eigenvalue weighted by Crippen LogP contribution is -2.29. The molecule has 0 aliphatic carbocycles.